The lowest BCUT2D eigenvalue weighted by Crippen LogP contribution is -2.45. The van der Waals surface area contributed by atoms with Gasteiger partial charge in [-0.3, -0.25) is 0 Å². The average molecular weight is 485 g/mol. The molecule has 35 heavy (non-hydrogen) atoms. The van der Waals surface area contributed by atoms with Crippen molar-refractivity contribution in [2.75, 3.05) is 27.8 Å². The Kier molecular flexibility index (Phi) is 11.2. The second-order valence-corrected chi connectivity index (χ2v) is 9.86. The zero-order chi connectivity index (χ0) is 24.9. The highest BCUT2D eigenvalue weighted by atomic mass is 16.7. The topological polar surface area (TPSA) is 46.2 Å². The van der Waals surface area contributed by atoms with E-state index >= 15 is 0 Å². The van der Waals surface area contributed by atoms with E-state index in [2.05, 4.69) is 32.0 Å². The number of rotatable bonds is 16. The monoisotopic (exact) mass is 484 g/mol. The molecule has 2 atom stereocenters. The molecule has 0 saturated carbocycles. The predicted molar refractivity (Wildman–Crippen MR) is 141 cm³/mol. The molecule has 2 aromatic carbocycles. The maximum absolute atomic E-state index is 6.71. The highest BCUT2D eigenvalue weighted by molar-refractivity contribution is 5.46. The third-order valence-corrected chi connectivity index (χ3v) is 7.10. The van der Waals surface area contributed by atoms with E-state index in [-0.39, 0.29) is 25.1 Å². The maximum Gasteiger partial charge on any atom is 0.188 e. The Bertz CT molecular complexity index is 866. The van der Waals surface area contributed by atoms with Gasteiger partial charge >= 0.3 is 0 Å². The molecule has 2 aromatic rings. The SMILES string of the molecule is CCCCCCCCCCC1Oc2cc(OCOC)ccc2CC1(C)c1ccc(OCOC)cc1. The molecule has 0 spiro atoms. The van der Waals surface area contributed by atoms with Gasteiger partial charge in [-0.15, -0.1) is 0 Å². The summed E-state index contributed by atoms with van der Waals surface area (Å²) in [4.78, 5) is 0. The molecule has 194 valence electrons. The second kappa shape index (κ2) is 14.4. The molecule has 5 nitrogen and oxygen atoms in total. The molecule has 5 heteroatoms. The van der Waals surface area contributed by atoms with Crippen molar-refractivity contribution in [3.05, 3.63) is 53.6 Å². The van der Waals surface area contributed by atoms with Gasteiger partial charge in [-0.1, -0.05) is 77.0 Å². The van der Waals surface area contributed by atoms with Crippen LogP contribution in [-0.2, 0) is 21.3 Å². The number of fused-ring (bicyclic) bond motifs is 1. The van der Waals surface area contributed by atoms with Crippen molar-refractivity contribution < 1.29 is 23.7 Å². The summed E-state index contributed by atoms with van der Waals surface area (Å²) in [6.07, 6.45) is 12.5. The fraction of sp³-hybridized carbons (Fsp3) is 0.600. The van der Waals surface area contributed by atoms with Gasteiger partial charge in [0.05, 0.1) is 0 Å². The van der Waals surface area contributed by atoms with E-state index in [9.17, 15) is 0 Å². The third-order valence-electron chi connectivity index (χ3n) is 7.10. The summed E-state index contributed by atoms with van der Waals surface area (Å²) >= 11 is 0. The molecule has 2 unspecified atom stereocenters. The molecule has 1 aliphatic heterocycles. The van der Waals surface area contributed by atoms with Crippen molar-refractivity contribution in [3.63, 3.8) is 0 Å². The standard InChI is InChI=1S/C30H44O5/c1-5-6-7-8-9-10-11-12-13-29-30(2,25-15-18-26(19-16-25)33-22-31-3)21-24-14-17-27(34-23-32-4)20-28(24)35-29/h14-20,29H,5-13,21-23H2,1-4H3. The summed E-state index contributed by atoms with van der Waals surface area (Å²) in [5.41, 5.74) is 2.37. The van der Waals surface area contributed by atoms with Crippen molar-refractivity contribution in [1.82, 2.24) is 0 Å². The summed E-state index contributed by atoms with van der Waals surface area (Å²) in [7, 11) is 3.26. The lowest BCUT2D eigenvalue weighted by molar-refractivity contribution is 0.0494. The Hall–Kier alpha value is -2.24. The van der Waals surface area contributed by atoms with E-state index in [4.69, 9.17) is 23.7 Å². The fourth-order valence-electron chi connectivity index (χ4n) is 4.99. The first-order chi connectivity index (χ1) is 17.1. The molecule has 1 aliphatic rings. The van der Waals surface area contributed by atoms with Crippen LogP contribution in [-0.4, -0.2) is 33.9 Å². The Morgan fingerprint density at radius 2 is 1.40 bits per heavy atom. The first kappa shape index (κ1) is 27.3. The molecule has 0 radical (unpaired) electrons. The van der Waals surface area contributed by atoms with Crippen molar-refractivity contribution in [2.45, 2.75) is 89.6 Å². The third kappa shape index (κ3) is 7.88. The second-order valence-electron chi connectivity index (χ2n) is 9.86. The van der Waals surface area contributed by atoms with Gasteiger partial charge < -0.3 is 23.7 Å². The van der Waals surface area contributed by atoms with Crippen LogP contribution in [0.3, 0.4) is 0 Å². The summed E-state index contributed by atoms with van der Waals surface area (Å²) in [6.45, 7) is 5.09. The Morgan fingerprint density at radius 3 is 2.06 bits per heavy atom. The van der Waals surface area contributed by atoms with Crippen molar-refractivity contribution in [2.24, 2.45) is 0 Å². The normalized spacial score (nSPS) is 19.1. The van der Waals surface area contributed by atoms with Crippen LogP contribution in [0.1, 0.15) is 82.8 Å². The van der Waals surface area contributed by atoms with Crippen LogP contribution >= 0.6 is 0 Å². The summed E-state index contributed by atoms with van der Waals surface area (Å²) in [5.74, 6) is 2.52. The molecule has 0 N–H and O–H groups in total. The minimum absolute atomic E-state index is 0.0958. The van der Waals surface area contributed by atoms with Gasteiger partial charge in [0.15, 0.2) is 13.6 Å². The Labute approximate surface area is 212 Å². The highest BCUT2D eigenvalue weighted by Crippen LogP contribution is 2.44. The molecular formula is C30H44O5. The predicted octanol–water partition coefficient (Wildman–Crippen LogP) is 7.44. The smallest absolute Gasteiger partial charge is 0.188 e. The van der Waals surface area contributed by atoms with E-state index < -0.39 is 0 Å². The van der Waals surface area contributed by atoms with E-state index in [1.54, 1.807) is 14.2 Å². The van der Waals surface area contributed by atoms with Crippen LogP contribution < -0.4 is 14.2 Å². The van der Waals surface area contributed by atoms with Gasteiger partial charge in [0, 0.05) is 25.7 Å². The molecule has 1 heterocycles. The van der Waals surface area contributed by atoms with Crippen LogP contribution in [0.25, 0.3) is 0 Å². The van der Waals surface area contributed by atoms with Crippen LogP contribution in [0.4, 0.5) is 0 Å². The van der Waals surface area contributed by atoms with Crippen LogP contribution in [0.15, 0.2) is 42.5 Å². The molecule has 0 amide bonds. The highest BCUT2D eigenvalue weighted by Gasteiger charge is 2.41. The van der Waals surface area contributed by atoms with Gasteiger partial charge in [0.1, 0.15) is 23.4 Å². The van der Waals surface area contributed by atoms with Gasteiger partial charge in [-0.2, -0.15) is 0 Å². The summed E-state index contributed by atoms with van der Waals surface area (Å²) in [5, 5.41) is 0. The van der Waals surface area contributed by atoms with E-state index in [0.717, 1.165) is 30.1 Å². The van der Waals surface area contributed by atoms with E-state index in [0.29, 0.717) is 0 Å². The minimum atomic E-state index is -0.122. The molecule has 0 aromatic heterocycles. The number of ether oxygens (including phenoxy) is 5. The molecule has 0 aliphatic carbocycles. The molecule has 3 rings (SSSR count). The summed E-state index contributed by atoms with van der Waals surface area (Å²) in [6, 6.07) is 14.6. The lowest BCUT2D eigenvalue weighted by atomic mass is 9.70. The first-order valence-electron chi connectivity index (χ1n) is 13.2. The largest absolute Gasteiger partial charge is 0.489 e. The molecular weight excluding hydrogens is 440 g/mol. The maximum atomic E-state index is 6.71. The van der Waals surface area contributed by atoms with Gasteiger partial charge in [0.2, 0.25) is 0 Å². The zero-order valence-electron chi connectivity index (χ0n) is 22.1. The number of unbranched alkanes of at least 4 members (excludes halogenated alkanes) is 7. The van der Waals surface area contributed by atoms with E-state index in [1.165, 1.54) is 62.5 Å². The van der Waals surface area contributed by atoms with Crippen LogP contribution in [0.5, 0.6) is 17.2 Å². The first-order valence-corrected chi connectivity index (χ1v) is 13.2. The van der Waals surface area contributed by atoms with Crippen LogP contribution in [0.2, 0.25) is 0 Å². The van der Waals surface area contributed by atoms with Gasteiger partial charge in [-0.05, 0) is 48.6 Å². The Morgan fingerprint density at radius 1 is 0.800 bits per heavy atom. The number of methoxy groups -OCH3 is 2. The van der Waals surface area contributed by atoms with Crippen molar-refractivity contribution in [1.29, 1.82) is 0 Å². The lowest BCUT2D eigenvalue weighted by Gasteiger charge is -2.43. The minimum Gasteiger partial charge on any atom is -0.489 e. The van der Waals surface area contributed by atoms with E-state index in [1.807, 2.05) is 24.3 Å². The quantitative estimate of drug-likeness (QED) is 0.183. The molecule has 0 bridgehead atoms. The summed E-state index contributed by atoms with van der Waals surface area (Å²) < 4.78 is 28.1. The number of hydrogen-bond acceptors (Lipinski definition) is 5. The van der Waals surface area contributed by atoms with Crippen LogP contribution in [0, 0.1) is 0 Å². The van der Waals surface area contributed by atoms with Crippen molar-refractivity contribution in [3.8, 4) is 17.2 Å². The average Bonchev–Trinajstić information content (AvgIpc) is 2.88. The van der Waals surface area contributed by atoms with Crippen molar-refractivity contribution >= 4 is 0 Å². The molecule has 0 saturated heterocycles. The van der Waals surface area contributed by atoms with Gasteiger partial charge in [-0.25, -0.2) is 0 Å². The zero-order valence-corrected chi connectivity index (χ0v) is 22.1. The molecule has 0 fully saturated rings. The number of hydrogen-bond donors (Lipinski definition) is 0. The fourth-order valence-corrected chi connectivity index (χ4v) is 4.99. The van der Waals surface area contributed by atoms with Gasteiger partial charge in [0.25, 0.3) is 0 Å². The number of benzene rings is 2. The Balaban J connectivity index is 1.71.